The number of ether oxygens (including phenoxy) is 2. The highest BCUT2D eigenvalue weighted by atomic mass is 16.5. The van der Waals surface area contributed by atoms with E-state index in [0.29, 0.717) is 94.4 Å². The first-order valence-corrected chi connectivity index (χ1v) is 25.5. The molecule has 19 atom stereocenters. The number of nitrogens with one attached hydrogen (secondary N) is 5. The second-order valence-electron chi connectivity index (χ2n) is 21.5. The fourth-order valence-corrected chi connectivity index (χ4v) is 15.0. The average molecular weight is 886 g/mol. The van der Waals surface area contributed by atoms with E-state index in [1.807, 2.05) is 6.07 Å². The largest absolute Gasteiger partial charge is 0.490 e. The minimum Gasteiger partial charge on any atom is -0.490 e. The summed E-state index contributed by atoms with van der Waals surface area (Å²) in [5.74, 6) is 3.97. The Bertz CT molecular complexity index is 2140. The third-order valence-corrected chi connectivity index (χ3v) is 18.4. The molecule has 1 aromatic carbocycles. The minimum absolute atomic E-state index is 0.00879. The fraction of sp³-hybridized carbons (Fsp3) is 0.769. The highest BCUT2D eigenvalue weighted by Gasteiger charge is 2.58. The molecule has 9 rings (SSSR count). The van der Waals surface area contributed by atoms with E-state index < -0.39 is 5.63 Å². The number of hydrogen-bond acceptors (Lipinski definition) is 11. The summed E-state index contributed by atoms with van der Waals surface area (Å²) in [6.07, 6.45) is 12.7. The van der Waals surface area contributed by atoms with Gasteiger partial charge in [0, 0.05) is 96.6 Å². The minimum atomic E-state index is -0.477. The third kappa shape index (κ3) is 8.48. The van der Waals surface area contributed by atoms with Crippen LogP contribution < -0.4 is 36.9 Å². The van der Waals surface area contributed by atoms with E-state index >= 15 is 0 Å². The maximum absolute atomic E-state index is 14.0. The topological polar surface area (TPSA) is 159 Å². The van der Waals surface area contributed by atoms with E-state index in [0.717, 1.165) is 56.1 Å². The number of carbonyl (C=O) groups excluding carboxylic acids is 1. The first-order valence-electron chi connectivity index (χ1n) is 25.5. The first kappa shape index (κ1) is 46.1. The van der Waals surface area contributed by atoms with Crippen LogP contribution in [0.1, 0.15) is 125 Å². The van der Waals surface area contributed by atoms with E-state index in [1.54, 1.807) is 12.3 Å². The van der Waals surface area contributed by atoms with Gasteiger partial charge in [0.2, 0.25) is 11.7 Å². The van der Waals surface area contributed by atoms with Crippen LogP contribution in [-0.4, -0.2) is 85.3 Å². The number of benzene rings is 1. The molecule has 0 radical (unpaired) electrons. The van der Waals surface area contributed by atoms with Gasteiger partial charge in [-0.15, -0.1) is 0 Å². The number of methoxy groups -OCH3 is 1. The molecule has 6 N–H and O–H groups in total. The lowest BCUT2D eigenvalue weighted by atomic mass is 9.76. The number of unbranched alkanes of at least 4 members (excludes halogenated alkanes) is 3. The molecule has 5 aliphatic heterocycles. The third-order valence-electron chi connectivity index (χ3n) is 18.4. The Hall–Kier alpha value is -3.00. The molecular formula is C52H79N5O7. The van der Waals surface area contributed by atoms with Crippen molar-refractivity contribution in [1.82, 2.24) is 26.6 Å². The molecule has 5 saturated heterocycles. The van der Waals surface area contributed by atoms with E-state index in [1.165, 1.54) is 38.9 Å². The molecular weight excluding hydrogens is 807 g/mol. The zero-order valence-electron chi connectivity index (χ0n) is 39.9. The van der Waals surface area contributed by atoms with Gasteiger partial charge in [0.25, 0.3) is 0 Å². The van der Waals surface area contributed by atoms with Crippen molar-refractivity contribution in [2.24, 2.45) is 53.3 Å². The Balaban J connectivity index is 0.970. The number of furan rings is 1. The second kappa shape index (κ2) is 19.3. The molecule has 3 aromatic rings. The standard InChI is InChI=1S/C52H79N5O7/c1-9-11-12-13-19-62-30(7)46-28(5)39-22-38-27(4)32(14-16-44(59)53-25-36-33-15-17-45(60)64-51(33)52(61-8)50-34(36)18-20-63-50)48(56-38)35-21-43(58)47-29(6)40(57-49(35)47)23-41-31(10-2)26(3)37(54-41)24-42(46)55-39/h15,17-18,20,26-32,35,37-43,46-49,54-58H,9-14,16,19,21-25H2,1-8H3,(H,53,59). The number of hydrogen-bond donors (Lipinski definition) is 6. The van der Waals surface area contributed by atoms with Gasteiger partial charge in [0.1, 0.15) is 0 Å². The Morgan fingerprint density at radius 2 is 1.50 bits per heavy atom. The van der Waals surface area contributed by atoms with Gasteiger partial charge in [0.05, 0.1) is 25.6 Å². The molecule has 6 aliphatic rings. The molecule has 354 valence electrons. The van der Waals surface area contributed by atoms with Crippen LogP contribution in [-0.2, 0) is 16.1 Å². The van der Waals surface area contributed by atoms with Crippen molar-refractivity contribution in [1.29, 1.82) is 0 Å². The highest BCUT2D eigenvalue weighted by molar-refractivity contribution is 6.04. The van der Waals surface area contributed by atoms with E-state index in [-0.39, 0.29) is 60.5 Å². The normalized spacial score (nSPS) is 39.8. The van der Waals surface area contributed by atoms with Crippen LogP contribution in [0.3, 0.4) is 0 Å². The summed E-state index contributed by atoms with van der Waals surface area (Å²) < 4.78 is 23.8. The van der Waals surface area contributed by atoms with Crippen LogP contribution in [0.5, 0.6) is 5.75 Å². The van der Waals surface area contributed by atoms with Gasteiger partial charge in [-0.2, -0.15) is 0 Å². The molecule has 1 aliphatic carbocycles. The summed E-state index contributed by atoms with van der Waals surface area (Å²) in [6.45, 7) is 17.9. The van der Waals surface area contributed by atoms with Crippen molar-refractivity contribution in [2.45, 2.75) is 186 Å². The van der Waals surface area contributed by atoms with Crippen molar-refractivity contribution in [3.8, 4) is 5.75 Å². The highest BCUT2D eigenvalue weighted by Crippen LogP contribution is 2.51. The van der Waals surface area contributed by atoms with Gasteiger partial charge >= 0.3 is 5.63 Å². The van der Waals surface area contributed by atoms with Crippen molar-refractivity contribution in [2.75, 3.05) is 13.7 Å². The molecule has 12 heteroatoms. The number of amides is 1. The molecule has 2 aromatic heterocycles. The predicted molar refractivity (Wildman–Crippen MR) is 251 cm³/mol. The van der Waals surface area contributed by atoms with E-state index in [9.17, 15) is 14.7 Å². The molecule has 64 heavy (non-hydrogen) atoms. The Morgan fingerprint density at radius 1 is 0.812 bits per heavy atom. The zero-order valence-corrected chi connectivity index (χ0v) is 39.9. The second-order valence-corrected chi connectivity index (χ2v) is 21.5. The number of carbonyl (C=O) groups is 1. The van der Waals surface area contributed by atoms with Crippen molar-refractivity contribution in [3.63, 3.8) is 0 Å². The van der Waals surface area contributed by atoms with Gasteiger partial charge in [-0.25, -0.2) is 4.79 Å². The van der Waals surface area contributed by atoms with Crippen LogP contribution >= 0.6 is 0 Å². The summed E-state index contributed by atoms with van der Waals surface area (Å²) in [5, 5.41) is 33.7. The van der Waals surface area contributed by atoms with Gasteiger partial charge in [0.15, 0.2) is 11.2 Å². The lowest BCUT2D eigenvalue weighted by Gasteiger charge is -2.32. The van der Waals surface area contributed by atoms with Crippen molar-refractivity contribution in [3.05, 3.63) is 40.4 Å². The smallest absolute Gasteiger partial charge is 0.336 e. The number of aliphatic hydroxyl groups is 1. The zero-order chi connectivity index (χ0) is 45.0. The SMILES string of the molecule is CCCCCCOC(C)C1C2CC3NC(CC4NC5C(CC(O)C5C4C)C4NC(CC(N2)C1C)C(C)C4CCC(=O)NCc1c2ccoc2c(OC)c2oc(=O)ccc12)C(CC)C3C. The van der Waals surface area contributed by atoms with Crippen molar-refractivity contribution < 1.29 is 28.2 Å². The van der Waals surface area contributed by atoms with Gasteiger partial charge in [-0.05, 0) is 105 Å². The maximum Gasteiger partial charge on any atom is 0.336 e. The number of fused-ring (bicyclic) bond motifs is 10. The summed E-state index contributed by atoms with van der Waals surface area (Å²) in [7, 11) is 1.53. The molecule has 7 heterocycles. The Labute approximate surface area is 380 Å². The quantitative estimate of drug-likeness (QED) is 0.0714. The van der Waals surface area contributed by atoms with Gasteiger partial charge in [-0.3, -0.25) is 4.79 Å². The summed E-state index contributed by atoms with van der Waals surface area (Å²) in [4.78, 5) is 26.3. The van der Waals surface area contributed by atoms with Crippen LogP contribution in [0.4, 0.5) is 0 Å². The van der Waals surface area contributed by atoms with E-state index in [2.05, 4.69) is 75.1 Å². The van der Waals surface area contributed by atoms with Crippen LogP contribution in [0.2, 0.25) is 0 Å². The van der Waals surface area contributed by atoms with E-state index in [4.69, 9.17) is 18.3 Å². The summed E-state index contributed by atoms with van der Waals surface area (Å²) in [6, 6.07) is 7.71. The number of aliphatic hydroxyl groups excluding tert-OH is 1. The fourth-order valence-electron chi connectivity index (χ4n) is 15.0. The number of rotatable bonds is 14. The summed E-state index contributed by atoms with van der Waals surface area (Å²) >= 11 is 0. The monoisotopic (exact) mass is 886 g/mol. The molecule has 1 saturated carbocycles. The molecule has 19 unspecified atom stereocenters. The van der Waals surface area contributed by atoms with Gasteiger partial charge in [-0.1, -0.05) is 67.2 Å². The average Bonchev–Trinajstić information content (AvgIpc) is 4.12. The first-order chi connectivity index (χ1) is 30.9. The predicted octanol–water partition coefficient (Wildman–Crippen LogP) is 7.28. The van der Waals surface area contributed by atoms with Crippen molar-refractivity contribution >= 4 is 27.8 Å². The summed E-state index contributed by atoms with van der Waals surface area (Å²) in [5.41, 5.74) is 1.15. The lowest BCUT2D eigenvalue weighted by molar-refractivity contribution is -0.121. The lowest BCUT2D eigenvalue weighted by Crippen LogP contribution is -2.49. The van der Waals surface area contributed by atoms with Crippen LogP contribution in [0.25, 0.3) is 21.9 Å². The molecule has 12 nitrogen and oxygen atoms in total. The Kier molecular flexibility index (Phi) is 13.9. The Morgan fingerprint density at radius 3 is 2.28 bits per heavy atom. The van der Waals surface area contributed by atoms with Gasteiger partial charge < -0.3 is 50.0 Å². The maximum atomic E-state index is 14.0. The van der Waals surface area contributed by atoms with Crippen LogP contribution in [0, 0.1) is 53.3 Å². The molecule has 6 fully saturated rings. The molecule has 8 bridgehead atoms. The molecule has 0 spiro atoms. The van der Waals surface area contributed by atoms with Crippen LogP contribution in [0.15, 0.2) is 38.1 Å². The molecule has 1 amide bonds.